The lowest BCUT2D eigenvalue weighted by Crippen LogP contribution is -2.41. The van der Waals surface area contributed by atoms with E-state index in [9.17, 15) is 4.79 Å². The van der Waals surface area contributed by atoms with Crippen LogP contribution >= 0.6 is 12.2 Å². The van der Waals surface area contributed by atoms with Gasteiger partial charge in [0.1, 0.15) is 12.5 Å². The molecule has 1 aliphatic heterocycles. The van der Waals surface area contributed by atoms with Crippen molar-refractivity contribution in [2.24, 2.45) is 10.9 Å². The van der Waals surface area contributed by atoms with E-state index in [1.807, 2.05) is 30.3 Å². The van der Waals surface area contributed by atoms with Gasteiger partial charge in [0.2, 0.25) is 0 Å². The predicted octanol–water partition coefficient (Wildman–Crippen LogP) is 1.69. The number of rotatable bonds is 3. The lowest BCUT2D eigenvalue weighted by Gasteiger charge is -2.21. The van der Waals surface area contributed by atoms with E-state index in [4.69, 9.17) is 17.0 Å². The van der Waals surface area contributed by atoms with Gasteiger partial charge < -0.3 is 10.1 Å². The van der Waals surface area contributed by atoms with E-state index >= 15 is 0 Å². The van der Waals surface area contributed by atoms with Crippen molar-refractivity contribution in [2.75, 3.05) is 6.54 Å². The zero-order chi connectivity index (χ0) is 13.0. The first-order valence-electron chi connectivity index (χ1n) is 5.70. The number of hydrogen-bond acceptors (Lipinski definition) is 3. The second kappa shape index (κ2) is 5.73. The quantitative estimate of drug-likeness (QED) is 0.665. The molecule has 4 nitrogen and oxygen atoms in total. The van der Waals surface area contributed by atoms with E-state index in [-0.39, 0.29) is 18.5 Å². The number of aliphatic imine (C=N–C) groups is 1. The molecule has 1 aliphatic rings. The SMILES string of the molecule is CC1=NC(=S)NCC1C(=O)OCc1ccccc1. The van der Waals surface area contributed by atoms with Crippen LogP contribution < -0.4 is 5.32 Å². The van der Waals surface area contributed by atoms with E-state index in [2.05, 4.69) is 10.3 Å². The second-order valence-corrected chi connectivity index (χ2v) is 4.47. The number of thiocarbonyl (C=S) groups is 1. The van der Waals surface area contributed by atoms with Gasteiger partial charge >= 0.3 is 5.97 Å². The summed E-state index contributed by atoms with van der Waals surface area (Å²) in [6.07, 6.45) is 0. The minimum Gasteiger partial charge on any atom is -0.460 e. The van der Waals surface area contributed by atoms with Crippen molar-refractivity contribution in [3.8, 4) is 0 Å². The van der Waals surface area contributed by atoms with Crippen LogP contribution in [-0.2, 0) is 16.1 Å². The lowest BCUT2D eigenvalue weighted by molar-refractivity contribution is -0.147. The normalized spacial score (nSPS) is 18.8. The minimum absolute atomic E-state index is 0.268. The number of hydrogen-bond donors (Lipinski definition) is 1. The first kappa shape index (κ1) is 12.7. The average Bonchev–Trinajstić information content (AvgIpc) is 2.37. The average molecular weight is 262 g/mol. The van der Waals surface area contributed by atoms with Crippen LogP contribution in [0.2, 0.25) is 0 Å². The van der Waals surface area contributed by atoms with Crippen LogP contribution in [0, 0.1) is 5.92 Å². The molecular weight excluding hydrogens is 248 g/mol. The van der Waals surface area contributed by atoms with Gasteiger partial charge in [-0.2, -0.15) is 0 Å². The molecule has 0 bridgehead atoms. The fourth-order valence-electron chi connectivity index (χ4n) is 1.70. The summed E-state index contributed by atoms with van der Waals surface area (Å²) in [6.45, 7) is 2.54. The number of ether oxygens (including phenoxy) is 1. The topological polar surface area (TPSA) is 50.7 Å². The van der Waals surface area contributed by atoms with Gasteiger partial charge in [-0.05, 0) is 24.7 Å². The van der Waals surface area contributed by atoms with Crippen LogP contribution in [0.5, 0.6) is 0 Å². The van der Waals surface area contributed by atoms with Gasteiger partial charge in [-0.15, -0.1) is 0 Å². The van der Waals surface area contributed by atoms with Gasteiger partial charge in [0.15, 0.2) is 5.11 Å². The number of nitrogens with zero attached hydrogens (tertiary/aromatic N) is 1. The Kier molecular flexibility index (Phi) is 4.04. The summed E-state index contributed by atoms with van der Waals surface area (Å²) in [4.78, 5) is 16.0. The Labute approximate surface area is 111 Å². The van der Waals surface area contributed by atoms with Crippen LogP contribution in [-0.4, -0.2) is 23.3 Å². The van der Waals surface area contributed by atoms with E-state index in [1.54, 1.807) is 6.92 Å². The molecule has 0 amide bonds. The first-order chi connectivity index (χ1) is 8.66. The lowest BCUT2D eigenvalue weighted by atomic mass is 10.0. The molecule has 0 spiro atoms. The Bertz CT molecular complexity index is 485. The third kappa shape index (κ3) is 3.13. The Hall–Kier alpha value is -1.75. The molecule has 0 aromatic heterocycles. The fraction of sp³-hybridized carbons (Fsp3) is 0.308. The van der Waals surface area contributed by atoms with Gasteiger partial charge in [-0.3, -0.25) is 4.79 Å². The van der Waals surface area contributed by atoms with Gasteiger partial charge in [0.25, 0.3) is 0 Å². The number of esters is 1. The highest BCUT2D eigenvalue weighted by Gasteiger charge is 2.26. The van der Waals surface area contributed by atoms with Gasteiger partial charge in [0.05, 0.1) is 0 Å². The molecule has 1 atom stereocenters. The van der Waals surface area contributed by atoms with Crippen molar-refractivity contribution in [1.29, 1.82) is 0 Å². The summed E-state index contributed by atoms with van der Waals surface area (Å²) in [7, 11) is 0. The molecule has 0 saturated heterocycles. The zero-order valence-electron chi connectivity index (χ0n) is 10.1. The molecule has 0 aliphatic carbocycles. The summed E-state index contributed by atoms with van der Waals surface area (Å²) in [6, 6.07) is 9.59. The smallest absolute Gasteiger partial charge is 0.316 e. The van der Waals surface area contributed by atoms with Crippen molar-refractivity contribution in [1.82, 2.24) is 5.32 Å². The van der Waals surface area contributed by atoms with Crippen molar-refractivity contribution in [3.63, 3.8) is 0 Å². The summed E-state index contributed by atoms with van der Waals surface area (Å²) >= 11 is 4.91. The Morgan fingerprint density at radius 2 is 2.22 bits per heavy atom. The molecular formula is C13H14N2O2S. The summed E-state index contributed by atoms with van der Waals surface area (Å²) in [5.41, 5.74) is 1.68. The molecule has 0 radical (unpaired) electrons. The number of benzene rings is 1. The fourth-order valence-corrected chi connectivity index (χ4v) is 1.93. The Morgan fingerprint density at radius 1 is 1.50 bits per heavy atom. The van der Waals surface area contributed by atoms with Crippen LogP contribution in [0.25, 0.3) is 0 Å². The molecule has 1 heterocycles. The molecule has 1 N–H and O–H groups in total. The highest BCUT2D eigenvalue weighted by molar-refractivity contribution is 7.80. The molecule has 0 saturated carbocycles. The van der Waals surface area contributed by atoms with Crippen LogP contribution in [0.15, 0.2) is 35.3 Å². The van der Waals surface area contributed by atoms with E-state index in [1.165, 1.54) is 0 Å². The Morgan fingerprint density at radius 3 is 2.89 bits per heavy atom. The maximum Gasteiger partial charge on any atom is 0.316 e. The third-order valence-electron chi connectivity index (χ3n) is 2.75. The van der Waals surface area contributed by atoms with Crippen molar-refractivity contribution in [2.45, 2.75) is 13.5 Å². The maximum absolute atomic E-state index is 11.9. The van der Waals surface area contributed by atoms with Crippen molar-refractivity contribution < 1.29 is 9.53 Å². The minimum atomic E-state index is -0.347. The monoisotopic (exact) mass is 262 g/mol. The maximum atomic E-state index is 11.9. The predicted molar refractivity (Wildman–Crippen MR) is 73.4 cm³/mol. The first-order valence-corrected chi connectivity index (χ1v) is 6.11. The molecule has 1 unspecified atom stereocenters. The van der Waals surface area contributed by atoms with Gasteiger partial charge in [0, 0.05) is 12.3 Å². The van der Waals surface area contributed by atoms with E-state index < -0.39 is 0 Å². The van der Waals surface area contributed by atoms with E-state index in [0.29, 0.717) is 17.4 Å². The molecule has 0 fully saturated rings. The molecule has 18 heavy (non-hydrogen) atoms. The van der Waals surface area contributed by atoms with Crippen molar-refractivity contribution in [3.05, 3.63) is 35.9 Å². The standard InChI is InChI=1S/C13H14N2O2S/c1-9-11(7-14-13(18)15-9)12(16)17-8-10-5-3-2-4-6-10/h2-6,11H,7-8H2,1H3,(H,14,18). The van der Waals surface area contributed by atoms with Gasteiger partial charge in [-0.25, -0.2) is 4.99 Å². The number of nitrogens with one attached hydrogen (secondary N) is 1. The zero-order valence-corrected chi connectivity index (χ0v) is 10.9. The summed E-state index contributed by atoms with van der Waals surface area (Å²) in [5, 5.41) is 3.31. The molecule has 1 aromatic carbocycles. The summed E-state index contributed by atoms with van der Waals surface area (Å²) in [5.74, 6) is -0.615. The second-order valence-electron chi connectivity index (χ2n) is 4.09. The van der Waals surface area contributed by atoms with Gasteiger partial charge in [-0.1, -0.05) is 30.3 Å². The van der Waals surface area contributed by atoms with Crippen molar-refractivity contribution >= 4 is 29.0 Å². The number of carbonyl (C=O) groups is 1. The van der Waals surface area contributed by atoms with Crippen LogP contribution in [0.4, 0.5) is 0 Å². The Balaban J connectivity index is 1.93. The van der Waals surface area contributed by atoms with E-state index in [0.717, 1.165) is 5.56 Å². The number of carbonyl (C=O) groups excluding carboxylic acids is 1. The van der Waals surface area contributed by atoms with Crippen LogP contribution in [0.1, 0.15) is 12.5 Å². The molecule has 94 valence electrons. The molecule has 1 aromatic rings. The largest absolute Gasteiger partial charge is 0.460 e. The highest BCUT2D eigenvalue weighted by atomic mass is 32.1. The molecule has 2 rings (SSSR count). The molecule has 5 heteroatoms. The highest BCUT2D eigenvalue weighted by Crippen LogP contribution is 2.09. The summed E-state index contributed by atoms with van der Waals surface area (Å²) < 4.78 is 5.27. The third-order valence-corrected chi connectivity index (χ3v) is 2.98. The van der Waals surface area contributed by atoms with Crippen LogP contribution in [0.3, 0.4) is 0 Å².